The molecule has 1 atom stereocenters. The molecule has 1 aliphatic rings. The highest BCUT2D eigenvalue weighted by atomic mass is 35.5. The number of nitrogens with one attached hydrogen (secondary N) is 1. The van der Waals surface area contributed by atoms with Gasteiger partial charge in [-0.25, -0.2) is 4.68 Å². The van der Waals surface area contributed by atoms with Crippen LogP contribution >= 0.6 is 11.6 Å². The number of benzene rings is 2. The molecule has 1 N–H and O–H groups in total. The number of hydrogen-bond donors (Lipinski definition) is 1. The topological polar surface area (TPSA) is 85.7 Å². The maximum absolute atomic E-state index is 13.1. The molecule has 1 aliphatic heterocycles. The smallest absolute Gasteiger partial charge is 0.229 e. The summed E-state index contributed by atoms with van der Waals surface area (Å²) in [4.78, 5) is 27.5. The molecule has 178 valence electrons. The number of amides is 2. The lowest BCUT2D eigenvalue weighted by molar-refractivity contribution is -0.122. The molecular formula is C25H27ClN4O4. The second-order valence-corrected chi connectivity index (χ2v) is 8.75. The third-order valence-electron chi connectivity index (χ3n) is 6.06. The fourth-order valence-electron chi connectivity index (χ4n) is 4.16. The Kier molecular flexibility index (Phi) is 6.52. The van der Waals surface area contributed by atoms with Crippen LogP contribution in [0.15, 0.2) is 36.4 Å². The first kappa shape index (κ1) is 23.6. The van der Waals surface area contributed by atoms with Crippen LogP contribution in [0.25, 0.3) is 5.69 Å². The van der Waals surface area contributed by atoms with Crippen molar-refractivity contribution in [3.05, 3.63) is 58.4 Å². The van der Waals surface area contributed by atoms with Crippen LogP contribution in [0.1, 0.15) is 23.4 Å². The van der Waals surface area contributed by atoms with Gasteiger partial charge in [0.15, 0.2) is 0 Å². The standard InChI is InChI=1S/C25H27ClN4O4/c1-14-6-8-18(9-7-14)30-16(3)24(15(2)28-30)27-25(32)17-10-23(31)29(13-17)20-11-19(26)21(33-4)12-22(20)34-5/h6-9,11-12,17H,10,13H2,1-5H3,(H,27,32). The Morgan fingerprint density at radius 3 is 2.41 bits per heavy atom. The van der Waals surface area contributed by atoms with Gasteiger partial charge in [0.05, 0.1) is 53.6 Å². The minimum Gasteiger partial charge on any atom is -0.495 e. The molecule has 2 amide bonds. The number of hydrogen-bond acceptors (Lipinski definition) is 5. The number of rotatable bonds is 6. The summed E-state index contributed by atoms with van der Waals surface area (Å²) in [6.07, 6.45) is 0.0861. The fourth-order valence-corrected chi connectivity index (χ4v) is 4.39. The molecule has 0 saturated carbocycles. The molecule has 2 aromatic carbocycles. The predicted octanol–water partition coefficient (Wildman–Crippen LogP) is 4.46. The van der Waals surface area contributed by atoms with Gasteiger partial charge in [-0.1, -0.05) is 29.3 Å². The first-order chi connectivity index (χ1) is 16.2. The first-order valence-electron chi connectivity index (χ1n) is 10.9. The van der Waals surface area contributed by atoms with Crippen molar-refractivity contribution in [1.29, 1.82) is 0 Å². The predicted molar refractivity (Wildman–Crippen MR) is 131 cm³/mol. The normalized spacial score (nSPS) is 15.5. The molecule has 1 aromatic heterocycles. The van der Waals surface area contributed by atoms with E-state index >= 15 is 0 Å². The Morgan fingerprint density at radius 2 is 1.76 bits per heavy atom. The van der Waals surface area contributed by atoms with Gasteiger partial charge in [-0.2, -0.15) is 5.10 Å². The van der Waals surface area contributed by atoms with Crippen molar-refractivity contribution in [1.82, 2.24) is 9.78 Å². The summed E-state index contributed by atoms with van der Waals surface area (Å²) in [5.41, 5.74) is 4.76. The van der Waals surface area contributed by atoms with Crippen LogP contribution in [0.3, 0.4) is 0 Å². The maximum Gasteiger partial charge on any atom is 0.229 e. The van der Waals surface area contributed by atoms with Gasteiger partial charge in [0.2, 0.25) is 11.8 Å². The zero-order valence-corrected chi connectivity index (χ0v) is 20.6. The SMILES string of the molecule is COc1cc(OC)c(N2CC(C(=O)Nc3c(C)nn(-c4ccc(C)cc4)c3C)CC2=O)cc1Cl. The Bertz CT molecular complexity index is 1250. The number of carbonyl (C=O) groups is 2. The Morgan fingerprint density at radius 1 is 1.09 bits per heavy atom. The van der Waals surface area contributed by atoms with E-state index in [2.05, 4.69) is 10.4 Å². The van der Waals surface area contributed by atoms with E-state index in [1.54, 1.807) is 16.8 Å². The van der Waals surface area contributed by atoms with Crippen molar-refractivity contribution in [3.8, 4) is 17.2 Å². The van der Waals surface area contributed by atoms with Gasteiger partial charge in [-0.3, -0.25) is 9.59 Å². The second kappa shape index (κ2) is 9.38. The fraction of sp³-hybridized carbons (Fsp3) is 0.320. The number of halogens is 1. The van der Waals surface area contributed by atoms with Gasteiger partial charge in [-0.05, 0) is 39.0 Å². The van der Waals surface area contributed by atoms with Crippen LogP contribution in [0, 0.1) is 26.7 Å². The van der Waals surface area contributed by atoms with Crippen LogP contribution in [-0.4, -0.2) is 42.4 Å². The molecule has 1 fully saturated rings. The minimum atomic E-state index is -0.528. The average Bonchev–Trinajstić information content (AvgIpc) is 3.34. The van der Waals surface area contributed by atoms with E-state index < -0.39 is 5.92 Å². The summed E-state index contributed by atoms with van der Waals surface area (Å²) in [5, 5.41) is 7.95. The largest absolute Gasteiger partial charge is 0.495 e. The molecule has 0 spiro atoms. The lowest BCUT2D eigenvalue weighted by Crippen LogP contribution is -2.28. The average molecular weight is 483 g/mol. The zero-order valence-electron chi connectivity index (χ0n) is 19.8. The molecule has 3 aromatic rings. The van der Waals surface area contributed by atoms with Crippen LogP contribution in [0.4, 0.5) is 11.4 Å². The van der Waals surface area contributed by atoms with E-state index in [0.29, 0.717) is 33.6 Å². The number of anilines is 2. The van der Waals surface area contributed by atoms with Crippen LogP contribution < -0.4 is 19.7 Å². The lowest BCUT2D eigenvalue weighted by atomic mass is 10.1. The van der Waals surface area contributed by atoms with Gasteiger partial charge >= 0.3 is 0 Å². The van der Waals surface area contributed by atoms with Gasteiger partial charge < -0.3 is 19.7 Å². The van der Waals surface area contributed by atoms with Crippen molar-refractivity contribution in [2.45, 2.75) is 27.2 Å². The number of aromatic nitrogens is 2. The van der Waals surface area contributed by atoms with Gasteiger partial charge in [0.1, 0.15) is 11.5 Å². The Hall–Kier alpha value is -3.52. The molecule has 0 bridgehead atoms. The molecule has 1 saturated heterocycles. The lowest BCUT2D eigenvalue weighted by Gasteiger charge is -2.21. The summed E-state index contributed by atoms with van der Waals surface area (Å²) < 4.78 is 12.5. The van der Waals surface area contributed by atoms with E-state index in [0.717, 1.165) is 16.9 Å². The van der Waals surface area contributed by atoms with Gasteiger partial charge in [-0.15, -0.1) is 0 Å². The molecule has 2 heterocycles. The summed E-state index contributed by atoms with van der Waals surface area (Å²) in [6.45, 7) is 6.00. The third kappa shape index (κ3) is 4.33. The second-order valence-electron chi connectivity index (χ2n) is 8.35. The van der Waals surface area contributed by atoms with E-state index in [4.69, 9.17) is 21.1 Å². The third-order valence-corrected chi connectivity index (χ3v) is 6.35. The van der Waals surface area contributed by atoms with Gasteiger partial charge in [0, 0.05) is 19.0 Å². The molecule has 8 nitrogen and oxygen atoms in total. The van der Waals surface area contributed by atoms with Gasteiger partial charge in [0.25, 0.3) is 0 Å². The maximum atomic E-state index is 13.1. The summed E-state index contributed by atoms with van der Waals surface area (Å²) in [7, 11) is 3.01. The number of carbonyl (C=O) groups excluding carboxylic acids is 2. The molecule has 1 unspecified atom stereocenters. The van der Waals surface area contributed by atoms with Crippen molar-refractivity contribution >= 4 is 34.8 Å². The molecular weight excluding hydrogens is 456 g/mol. The number of nitrogens with zero attached hydrogens (tertiary/aromatic N) is 3. The van der Waals surface area contributed by atoms with Crippen molar-refractivity contribution in [2.24, 2.45) is 5.92 Å². The van der Waals surface area contributed by atoms with E-state index in [-0.39, 0.29) is 24.8 Å². The monoisotopic (exact) mass is 482 g/mol. The number of ether oxygens (including phenoxy) is 2. The minimum absolute atomic E-state index is 0.0861. The molecule has 34 heavy (non-hydrogen) atoms. The quantitative estimate of drug-likeness (QED) is 0.560. The Labute approximate surface area is 203 Å². The van der Waals surface area contributed by atoms with Crippen molar-refractivity contribution < 1.29 is 19.1 Å². The molecule has 4 rings (SSSR count). The summed E-state index contributed by atoms with van der Waals surface area (Å²) in [5.74, 6) is -0.0476. The Balaban J connectivity index is 1.54. The molecule has 0 aliphatic carbocycles. The highest BCUT2D eigenvalue weighted by Gasteiger charge is 2.37. The highest BCUT2D eigenvalue weighted by molar-refractivity contribution is 6.32. The highest BCUT2D eigenvalue weighted by Crippen LogP contribution is 2.40. The van der Waals surface area contributed by atoms with Crippen molar-refractivity contribution in [2.75, 3.05) is 31.0 Å². The van der Waals surface area contributed by atoms with Crippen molar-refractivity contribution in [3.63, 3.8) is 0 Å². The molecule has 0 radical (unpaired) electrons. The van der Waals surface area contributed by atoms with Crippen LogP contribution in [0.2, 0.25) is 5.02 Å². The summed E-state index contributed by atoms with van der Waals surface area (Å²) >= 11 is 6.28. The summed E-state index contributed by atoms with van der Waals surface area (Å²) in [6, 6.07) is 11.3. The molecule has 9 heteroatoms. The van der Waals surface area contributed by atoms with E-state index in [1.165, 1.54) is 19.1 Å². The van der Waals surface area contributed by atoms with E-state index in [1.807, 2.05) is 45.0 Å². The van der Waals surface area contributed by atoms with Crippen LogP contribution in [0.5, 0.6) is 11.5 Å². The zero-order chi connectivity index (χ0) is 24.6. The number of aryl methyl sites for hydroxylation is 2. The number of methoxy groups -OCH3 is 2. The van der Waals surface area contributed by atoms with Crippen LogP contribution in [-0.2, 0) is 9.59 Å². The first-order valence-corrected chi connectivity index (χ1v) is 11.3. The van der Waals surface area contributed by atoms with E-state index in [9.17, 15) is 9.59 Å².